The van der Waals surface area contributed by atoms with Crippen LogP contribution in [0.1, 0.15) is 85.3 Å². The van der Waals surface area contributed by atoms with Crippen molar-refractivity contribution in [3.05, 3.63) is 82.9 Å². The highest BCUT2D eigenvalue weighted by Gasteiger charge is 2.53. The van der Waals surface area contributed by atoms with Gasteiger partial charge in [-0.25, -0.2) is 4.79 Å². The predicted molar refractivity (Wildman–Crippen MR) is 135 cm³/mol. The Balaban J connectivity index is 1.39. The Morgan fingerprint density at radius 1 is 0.861 bits per heavy atom. The number of phenolic OH excluding ortho intramolecular Hbond substituents is 1. The van der Waals surface area contributed by atoms with Gasteiger partial charge in [0.05, 0.1) is 5.56 Å². The molecular formula is C30H30O6. The summed E-state index contributed by atoms with van der Waals surface area (Å²) in [6.45, 7) is 2.20. The summed E-state index contributed by atoms with van der Waals surface area (Å²) in [7, 11) is 0. The fourth-order valence-corrected chi connectivity index (χ4v) is 5.12. The van der Waals surface area contributed by atoms with Crippen LogP contribution in [0.3, 0.4) is 0 Å². The van der Waals surface area contributed by atoms with Crippen LogP contribution in [0.5, 0.6) is 23.0 Å². The number of hydrogen-bond acceptors (Lipinski definition) is 6. The average molecular weight is 487 g/mol. The number of carbonyl (C=O) groups excluding carboxylic acids is 2. The van der Waals surface area contributed by atoms with Crippen molar-refractivity contribution in [2.24, 2.45) is 0 Å². The molecule has 1 atom stereocenters. The van der Waals surface area contributed by atoms with E-state index in [4.69, 9.17) is 14.2 Å². The predicted octanol–water partition coefficient (Wildman–Crippen LogP) is 7.01. The molecule has 0 fully saturated rings. The fraction of sp³-hybridized carbons (Fsp3) is 0.333. The SMILES string of the molecule is CCCCCCCCCC(=O)Oc1ccc2c(c1)Oc1cc(O)ccc1C21OC(=O)c2ccccc21. The van der Waals surface area contributed by atoms with E-state index < -0.39 is 11.6 Å². The van der Waals surface area contributed by atoms with Gasteiger partial charge in [0.2, 0.25) is 0 Å². The Labute approximate surface area is 210 Å². The molecule has 2 aliphatic heterocycles. The second-order valence-corrected chi connectivity index (χ2v) is 9.40. The quantitative estimate of drug-likeness (QED) is 0.199. The van der Waals surface area contributed by atoms with Crippen LogP contribution in [0.25, 0.3) is 0 Å². The van der Waals surface area contributed by atoms with Crippen molar-refractivity contribution in [1.29, 1.82) is 0 Å². The van der Waals surface area contributed by atoms with E-state index in [2.05, 4.69) is 6.92 Å². The number of aromatic hydroxyl groups is 1. The van der Waals surface area contributed by atoms with Crippen molar-refractivity contribution < 1.29 is 28.9 Å². The molecule has 186 valence electrons. The lowest BCUT2D eigenvalue weighted by Crippen LogP contribution is -2.33. The van der Waals surface area contributed by atoms with Gasteiger partial charge in [0.25, 0.3) is 0 Å². The minimum Gasteiger partial charge on any atom is -0.508 e. The number of carbonyl (C=O) groups is 2. The lowest BCUT2D eigenvalue weighted by molar-refractivity contribution is -0.134. The van der Waals surface area contributed by atoms with Crippen LogP contribution in [0.15, 0.2) is 60.7 Å². The van der Waals surface area contributed by atoms with Gasteiger partial charge in [-0.1, -0.05) is 63.6 Å². The molecular weight excluding hydrogens is 456 g/mol. The molecule has 5 rings (SSSR count). The molecule has 1 spiro atoms. The number of unbranched alkanes of at least 4 members (excludes halogenated alkanes) is 6. The first-order valence-corrected chi connectivity index (χ1v) is 12.7. The lowest BCUT2D eigenvalue weighted by atomic mass is 9.77. The molecule has 3 aromatic rings. The monoisotopic (exact) mass is 486 g/mol. The summed E-state index contributed by atoms with van der Waals surface area (Å²) in [6.07, 6.45) is 8.24. The van der Waals surface area contributed by atoms with Crippen molar-refractivity contribution in [1.82, 2.24) is 0 Å². The molecule has 6 nitrogen and oxygen atoms in total. The normalized spacial score (nSPS) is 17.1. The van der Waals surface area contributed by atoms with Gasteiger partial charge in [0.1, 0.15) is 23.0 Å². The Kier molecular flexibility index (Phi) is 6.68. The van der Waals surface area contributed by atoms with Gasteiger partial charge in [0, 0.05) is 35.2 Å². The lowest BCUT2D eigenvalue weighted by Gasteiger charge is -2.36. The molecule has 0 aliphatic carbocycles. The highest BCUT2D eigenvalue weighted by molar-refractivity contribution is 5.97. The highest BCUT2D eigenvalue weighted by Crippen LogP contribution is 2.56. The number of rotatable bonds is 9. The van der Waals surface area contributed by atoms with E-state index in [9.17, 15) is 14.7 Å². The zero-order chi connectivity index (χ0) is 25.1. The van der Waals surface area contributed by atoms with E-state index in [1.165, 1.54) is 31.7 Å². The van der Waals surface area contributed by atoms with Gasteiger partial charge in [-0.15, -0.1) is 0 Å². The molecule has 2 heterocycles. The number of ether oxygens (including phenoxy) is 3. The van der Waals surface area contributed by atoms with Gasteiger partial charge >= 0.3 is 11.9 Å². The molecule has 0 saturated carbocycles. The largest absolute Gasteiger partial charge is 0.508 e. The van der Waals surface area contributed by atoms with Crippen LogP contribution in [0, 0.1) is 0 Å². The minimum absolute atomic E-state index is 0.0298. The Bertz CT molecular complexity index is 1300. The Morgan fingerprint density at radius 2 is 1.56 bits per heavy atom. The summed E-state index contributed by atoms with van der Waals surface area (Å²) in [5.41, 5.74) is 1.22. The molecule has 3 aromatic carbocycles. The molecule has 0 radical (unpaired) electrons. The van der Waals surface area contributed by atoms with Crippen LogP contribution in [0.4, 0.5) is 0 Å². The zero-order valence-corrected chi connectivity index (χ0v) is 20.4. The number of fused-ring (bicyclic) bond motifs is 6. The molecule has 36 heavy (non-hydrogen) atoms. The first-order chi connectivity index (χ1) is 17.5. The third kappa shape index (κ3) is 4.32. The van der Waals surface area contributed by atoms with Gasteiger partial charge in [-0.3, -0.25) is 4.79 Å². The van der Waals surface area contributed by atoms with E-state index in [-0.39, 0.29) is 11.7 Å². The van der Waals surface area contributed by atoms with Crippen molar-refractivity contribution in [3.63, 3.8) is 0 Å². The maximum absolute atomic E-state index is 12.9. The Hall–Kier alpha value is -3.80. The summed E-state index contributed by atoms with van der Waals surface area (Å²) in [6, 6.07) is 17.1. The molecule has 1 N–H and O–H groups in total. The van der Waals surface area contributed by atoms with E-state index in [0.717, 1.165) is 19.3 Å². The van der Waals surface area contributed by atoms with Gasteiger partial charge in [0.15, 0.2) is 5.60 Å². The second kappa shape index (κ2) is 10.1. The summed E-state index contributed by atoms with van der Waals surface area (Å²) in [5.74, 6) is 0.449. The van der Waals surface area contributed by atoms with E-state index in [1.54, 1.807) is 42.5 Å². The van der Waals surface area contributed by atoms with Gasteiger partial charge < -0.3 is 19.3 Å². The van der Waals surface area contributed by atoms with Crippen LogP contribution in [-0.2, 0) is 15.1 Å². The van der Waals surface area contributed by atoms with Crippen molar-refractivity contribution >= 4 is 11.9 Å². The molecule has 0 aromatic heterocycles. The molecule has 0 amide bonds. The van der Waals surface area contributed by atoms with Crippen molar-refractivity contribution in [2.45, 2.75) is 63.9 Å². The molecule has 1 unspecified atom stereocenters. The van der Waals surface area contributed by atoms with E-state index in [0.29, 0.717) is 45.9 Å². The number of hydrogen-bond donors (Lipinski definition) is 1. The summed E-state index contributed by atoms with van der Waals surface area (Å²) < 4.78 is 17.8. The van der Waals surface area contributed by atoms with Crippen LogP contribution < -0.4 is 9.47 Å². The highest BCUT2D eigenvalue weighted by atomic mass is 16.6. The average Bonchev–Trinajstić information content (AvgIpc) is 3.16. The topological polar surface area (TPSA) is 82.1 Å². The van der Waals surface area contributed by atoms with Crippen molar-refractivity contribution in [2.75, 3.05) is 0 Å². The fourth-order valence-electron chi connectivity index (χ4n) is 5.12. The molecule has 0 bridgehead atoms. The maximum atomic E-state index is 12.9. The third-order valence-corrected chi connectivity index (χ3v) is 6.88. The molecule has 0 saturated heterocycles. The summed E-state index contributed by atoms with van der Waals surface area (Å²) in [5, 5.41) is 10.1. The first kappa shape index (κ1) is 23.9. The first-order valence-electron chi connectivity index (χ1n) is 12.7. The molecule has 6 heteroatoms. The second-order valence-electron chi connectivity index (χ2n) is 9.40. The smallest absolute Gasteiger partial charge is 0.340 e. The van der Waals surface area contributed by atoms with Crippen LogP contribution in [0.2, 0.25) is 0 Å². The number of esters is 2. The third-order valence-electron chi connectivity index (χ3n) is 6.88. The molecule has 2 aliphatic rings. The maximum Gasteiger partial charge on any atom is 0.340 e. The minimum atomic E-state index is -1.22. The van der Waals surface area contributed by atoms with E-state index in [1.807, 2.05) is 12.1 Å². The standard InChI is InChI=1S/C30H30O6/c1-2-3-4-5-6-7-8-13-28(32)34-21-15-17-25-27(19-21)35-26-18-20(31)14-16-24(26)30(25)23-12-10-9-11-22(23)29(33)36-30/h9-12,14-19,31H,2-8,13H2,1H3. The summed E-state index contributed by atoms with van der Waals surface area (Å²) in [4.78, 5) is 25.3. The van der Waals surface area contributed by atoms with Gasteiger partial charge in [-0.2, -0.15) is 0 Å². The van der Waals surface area contributed by atoms with Gasteiger partial charge in [-0.05, 0) is 36.8 Å². The van der Waals surface area contributed by atoms with Crippen LogP contribution in [-0.4, -0.2) is 17.0 Å². The number of benzene rings is 3. The zero-order valence-electron chi connectivity index (χ0n) is 20.4. The Morgan fingerprint density at radius 3 is 2.36 bits per heavy atom. The summed E-state index contributed by atoms with van der Waals surface area (Å²) >= 11 is 0. The van der Waals surface area contributed by atoms with Crippen LogP contribution >= 0.6 is 0 Å². The van der Waals surface area contributed by atoms with E-state index >= 15 is 0 Å². The van der Waals surface area contributed by atoms with Crippen molar-refractivity contribution in [3.8, 4) is 23.0 Å². The number of phenols is 1.